The van der Waals surface area contributed by atoms with Crippen LogP contribution in [-0.4, -0.2) is 84.3 Å². The van der Waals surface area contributed by atoms with Crippen molar-refractivity contribution in [2.75, 3.05) is 24.6 Å². The highest BCUT2D eigenvalue weighted by molar-refractivity contribution is 6.30. The molecule has 3 atom stereocenters. The lowest BCUT2D eigenvalue weighted by molar-refractivity contribution is -0.131. The third-order valence-electron chi connectivity index (χ3n) is 9.95. The fraction of sp³-hybridized carbons (Fsp3) is 0.486. The second kappa shape index (κ2) is 13.1. The fourth-order valence-corrected chi connectivity index (χ4v) is 7.62. The molecule has 3 aliphatic rings. The molecule has 2 amide bonds. The predicted octanol–water partition coefficient (Wildman–Crippen LogP) is 4.81. The Balaban J connectivity index is 1.31. The molecule has 50 heavy (non-hydrogen) atoms. The van der Waals surface area contributed by atoms with Crippen LogP contribution < -0.4 is 15.4 Å². The van der Waals surface area contributed by atoms with Gasteiger partial charge in [-0.2, -0.15) is 5.10 Å². The van der Waals surface area contributed by atoms with Crippen molar-refractivity contribution in [1.29, 1.82) is 0 Å². The molecule has 264 valence electrons. The minimum atomic E-state index is -2.58. The monoisotopic (exact) mass is 708 g/mol. The topological polar surface area (TPSA) is 153 Å². The van der Waals surface area contributed by atoms with Gasteiger partial charge in [-0.3, -0.25) is 19.4 Å². The molecule has 3 unspecified atom stereocenters. The molecule has 7 rings (SSSR count). The molecule has 2 aliphatic heterocycles. The maximum Gasteiger partial charge on any atom is 0.271 e. The van der Waals surface area contributed by atoms with Crippen LogP contribution in [0.15, 0.2) is 36.8 Å². The number of pyridine rings is 1. The van der Waals surface area contributed by atoms with Gasteiger partial charge in [0.2, 0.25) is 6.10 Å². The van der Waals surface area contributed by atoms with Crippen molar-refractivity contribution in [3.05, 3.63) is 58.9 Å². The zero-order valence-corrected chi connectivity index (χ0v) is 28.8. The third kappa shape index (κ3) is 6.28. The number of ether oxygens (including phenoxy) is 1. The number of halogens is 3. The van der Waals surface area contributed by atoms with Crippen LogP contribution in [0.2, 0.25) is 5.02 Å². The van der Waals surface area contributed by atoms with Crippen LogP contribution in [0.1, 0.15) is 68.0 Å². The zero-order valence-electron chi connectivity index (χ0n) is 28.0. The number of aliphatic hydroxyl groups is 1. The molecule has 1 saturated carbocycles. The maximum absolute atomic E-state index is 13.7. The molecule has 0 radical (unpaired) electrons. The molecule has 3 aromatic heterocycles. The summed E-state index contributed by atoms with van der Waals surface area (Å²) in [5, 5.41) is 15.9. The molecular formula is C35H39ClF2N8O4. The molecule has 15 heteroatoms. The Morgan fingerprint density at radius 3 is 2.58 bits per heavy atom. The van der Waals surface area contributed by atoms with E-state index in [0.29, 0.717) is 76.1 Å². The van der Waals surface area contributed by atoms with E-state index in [2.05, 4.69) is 21.8 Å². The molecule has 1 aromatic carbocycles. The first kappa shape index (κ1) is 34.2. The van der Waals surface area contributed by atoms with Gasteiger partial charge in [0, 0.05) is 55.3 Å². The van der Waals surface area contributed by atoms with Gasteiger partial charge >= 0.3 is 0 Å². The Hall–Kier alpha value is -4.27. The number of alkyl halides is 2. The number of primary amides is 1. The molecule has 2 fully saturated rings. The van der Waals surface area contributed by atoms with E-state index in [1.54, 1.807) is 24.4 Å². The lowest BCUT2D eigenvalue weighted by Crippen LogP contribution is -2.54. The third-order valence-corrected chi connectivity index (χ3v) is 10.1. The van der Waals surface area contributed by atoms with Crippen molar-refractivity contribution in [1.82, 2.24) is 29.6 Å². The normalized spacial score (nSPS) is 22.4. The van der Waals surface area contributed by atoms with Gasteiger partial charge in [-0.05, 0) is 42.4 Å². The predicted molar refractivity (Wildman–Crippen MR) is 182 cm³/mol. The van der Waals surface area contributed by atoms with E-state index in [0.717, 1.165) is 0 Å². The summed E-state index contributed by atoms with van der Waals surface area (Å²) in [6, 6.07) is 5.09. The Bertz CT molecular complexity index is 1950. The van der Waals surface area contributed by atoms with Crippen LogP contribution in [0.4, 0.5) is 14.5 Å². The number of amides is 2. The number of aliphatic hydroxyl groups excluding tert-OH is 1. The summed E-state index contributed by atoms with van der Waals surface area (Å²) >= 11 is 5.96. The number of anilines is 1. The van der Waals surface area contributed by atoms with Gasteiger partial charge < -0.3 is 15.6 Å². The highest BCUT2D eigenvalue weighted by Gasteiger charge is 2.49. The number of piperidine rings is 1. The first-order valence-electron chi connectivity index (χ1n) is 16.8. The molecule has 1 aliphatic carbocycles. The number of hydrogen-bond donors (Lipinski definition) is 2. The minimum Gasteiger partial charge on any atom is -0.476 e. The van der Waals surface area contributed by atoms with Gasteiger partial charge in [-0.25, -0.2) is 28.4 Å². The average Bonchev–Trinajstić information content (AvgIpc) is 3.47. The number of likely N-dealkylation sites (tertiary alicyclic amines) is 1. The first-order chi connectivity index (χ1) is 23.8. The Kier molecular flexibility index (Phi) is 8.97. The fourth-order valence-electron chi connectivity index (χ4n) is 7.52. The molecule has 12 nitrogen and oxygen atoms in total. The van der Waals surface area contributed by atoms with Crippen LogP contribution in [0, 0.1) is 11.8 Å². The lowest BCUT2D eigenvalue weighted by atomic mass is 9.83. The number of fused-ring (bicyclic) bond motifs is 2. The summed E-state index contributed by atoms with van der Waals surface area (Å²) in [4.78, 5) is 43.7. The van der Waals surface area contributed by atoms with E-state index in [-0.39, 0.29) is 48.9 Å². The Morgan fingerprint density at radius 2 is 1.94 bits per heavy atom. The van der Waals surface area contributed by atoms with Crippen molar-refractivity contribution in [3.63, 3.8) is 0 Å². The maximum atomic E-state index is 13.7. The Labute approximate surface area is 292 Å². The van der Waals surface area contributed by atoms with Crippen molar-refractivity contribution >= 4 is 40.1 Å². The molecular weight excluding hydrogens is 670 g/mol. The highest BCUT2D eigenvalue weighted by Crippen LogP contribution is 2.45. The standard InChI is InChI=1S/C35H39ClF2N8O4/c1-18(2)8-24-31(32(39)48)30(23-14-42-46(33(23)43-24)25-6-7-44(15-19(25)3)22-10-35(37,38)11-22)20-4-5-26-27(9-20)50-28(17-47)34(49)45(26)16-29-40-12-21(36)13-41-29/h4-5,9,12-14,18-19,22,25,28,47H,6-8,10-11,15-17H2,1-3H3,(H2,39,48). The van der Waals surface area contributed by atoms with E-state index >= 15 is 0 Å². The van der Waals surface area contributed by atoms with Crippen LogP contribution in [-0.2, 0) is 17.8 Å². The largest absolute Gasteiger partial charge is 0.476 e. The van der Waals surface area contributed by atoms with Gasteiger partial charge in [-0.15, -0.1) is 0 Å². The summed E-state index contributed by atoms with van der Waals surface area (Å²) in [6.45, 7) is 6.97. The summed E-state index contributed by atoms with van der Waals surface area (Å²) < 4.78 is 35.2. The SMILES string of the molecule is CC(C)Cc1nc2c(cnn2C2CCN(C3CC(F)(F)C3)CC2C)c(-c2ccc3c(c2)OC(CO)C(=O)N3Cc2ncc(Cl)cn2)c1C(N)=O. The first-order valence-corrected chi connectivity index (χ1v) is 17.2. The summed E-state index contributed by atoms with van der Waals surface area (Å²) in [5.41, 5.74) is 9.08. The van der Waals surface area contributed by atoms with Gasteiger partial charge in [0.25, 0.3) is 17.7 Å². The van der Waals surface area contributed by atoms with E-state index in [4.69, 9.17) is 32.2 Å². The number of aromatic nitrogens is 5. The quantitative estimate of drug-likeness (QED) is 0.250. The van der Waals surface area contributed by atoms with Crippen LogP contribution in [0.5, 0.6) is 5.75 Å². The molecule has 0 spiro atoms. The number of carbonyl (C=O) groups is 2. The summed E-state index contributed by atoms with van der Waals surface area (Å²) in [6.07, 6.45) is 4.40. The number of rotatable bonds is 9. The lowest BCUT2D eigenvalue weighted by Gasteiger charge is -2.47. The van der Waals surface area contributed by atoms with Crippen LogP contribution in [0.25, 0.3) is 22.2 Å². The van der Waals surface area contributed by atoms with Crippen molar-refractivity contribution < 1.29 is 28.2 Å². The number of nitrogens with two attached hydrogens (primary N) is 1. The summed E-state index contributed by atoms with van der Waals surface area (Å²) in [5.74, 6) is -2.75. The van der Waals surface area contributed by atoms with E-state index in [9.17, 15) is 23.5 Å². The number of carbonyl (C=O) groups excluding carboxylic acids is 2. The van der Waals surface area contributed by atoms with E-state index < -0.39 is 30.4 Å². The van der Waals surface area contributed by atoms with E-state index in [1.807, 2.05) is 18.5 Å². The number of nitrogens with zero attached hydrogens (tertiary/aromatic N) is 7. The summed E-state index contributed by atoms with van der Waals surface area (Å²) in [7, 11) is 0. The second-order valence-electron chi connectivity index (χ2n) is 14.1. The number of hydrogen-bond acceptors (Lipinski definition) is 9. The highest BCUT2D eigenvalue weighted by atomic mass is 35.5. The average molecular weight is 709 g/mol. The molecule has 5 heterocycles. The number of benzene rings is 1. The molecule has 0 bridgehead atoms. The molecule has 4 aromatic rings. The van der Waals surface area contributed by atoms with Gasteiger partial charge in [-0.1, -0.05) is 38.4 Å². The minimum absolute atomic E-state index is 0.0136. The van der Waals surface area contributed by atoms with Crippen molar-refractivity contribution in [2.45, 2.75) is 77.1 Å². The van der Waals surface area contributed by atoms with Gasteiger partial charge in [0.05, 0.1) is 47.4 Å². The van der Waals surface area contributed by atoms with Gasteiger partial charge in [0.15, 0.2) is 5.65 Å². The second-order valence-corrected chi connectivity index (χ2v) is 14.5. The zero-order chi connectivity index (χ0) is 35.5. The smallest absolute Gasteiger partial charge is 0.271 e. The molecule has 3 N–H and O–H groups in total. The van der Waals surface area contributed by atoms with E-state index in [1.165, 1.54) is 17.3 Å². The van der Waals surface area contributed by atoms with Crippen LogP contribution >= 0.6 is 11.6 Å². The molecule has 1 saturated heterocycles. The van der Waals surface area contributed by atoms with Crippen molar-refractivity contribution in [3.8, 4) is 16.9 Å². The van der Waals surface area contributed by atoms with Gasteiger partial charge in [0.1, 0.15) is 11.6 Å². The van der Waals surface area contributed by atoms with Crippen LogP contribution in [0.3, 0.4) is 0 Å². The van der Waals surface area contributed by atoms with Crippen molar-refractivity contribution in [2.24, 2.45) is 17.6 Å². The Morgan fingerprint density at radius 1 is 1.20 bits per heavy atom.